The van der Waals surface area contributed by atoms with Gasteiger partial charge in [-0.25, -0.2) is 15.0 Å². The maximum atomic E-state index is 13.4. The second-order valence-electron chi connectivity index (χ2n) is 8.87. The topological polar surface area (TPSA) is 106 Å². The Hall–Kier alpha value is -3.30. The summed E-state index contributed by atoms with van der Waals surface area (Å²) in [6, 6.07) is 1.08. The van der Waals surface area contributed by atoms with E-state index in [-0.39, 0.29) is 17.9 Å². The summed E-state index contributed by atoms with van der Waals surface area (Å²) in [6.07, 6.45) is 10.6. The van der Waals surface area contributed by atoms with Gasteiger partial charge in [0.2, 0.25) is 5.95 Å². The molecule has 4 heterocycles. The molecule has 2 aliphatic rings. The Labute approximate surface area is 186 Å². The maximum absolute atomic E-state index is 13.4. The molecule has 0 radical (unpaired) electrons. The SMILES string of the molecule is Cc1nccn1-c1ncc(C(=O)N(C2CC2)C2CCN(c3nc(C(C)C)no3)CC2)cn1. The van der Waals surface area contributed by atoms with Gasteiger partial charge in [-0.3, -0.25) is 9.36 Å². The first-order chi connectivity index (χ1) is 15.5. The van der Waals surface area contributed by atoms with E-state index in [4.69, 9.17) is 4.52 Å². The summed E-state index contributed by atoms with van der Waals surface area (Å²) in [5.74, 6) is 2.30. The van der Waals surface area contributed by atoms with Gasteiger partial charge >= 0.3 is 6.01 Å². The van der Waals surface area contributed by atoms with E-state index >= 15 is 0 Å². The zero-order valence-electron chi connectivity index (χ0n) is 18.7. The van der Waals surface area contributed by atoms with E-state index in [1.165, 1.54) is 0 Å². The third kappa shape index (κ3) is 3.96. The molecule has 0 bridgehead atoms. The molecule has 5 rings (SSSR count). The number of nitrogens with zero attached hydrogens (tertiary/aromatic N) is 8. The number of carbonyl (C=O) groups is 1. The molecule has 2 fully saturated rings. The van der Waals surface area contributed by atoms with Gasteiger partial charge in [0.1, 0.15) is 5.82 Å². The summed E-state index contributed by atoms with van der Waals surface area (Å²) in [5, 5.41) is 4.07. The first kappa shape index (κ1) is 20.6. The Kier molecular flexibility index (Phi) is 5.36. The van der Waals surface area contributed by atoms with Crippen LogP contribution >= 0.6 is 0 Å². The van der Waals surface area contributed by atoms with E-state index in [0.29, 0.717) is 23.6 Å². The van der Waals surface area contributed by atoms with Gasteiger partial charge < -0.3 is 14.3 Å². The summed E-state index contributed by atoms with van der Waals surface area (Å²) >= 11 is 0. The molecule has 1 amide bonds. The highest BCUT2D eigenvalue weighted by Crippen LogP contribution is 2.34. The van der Waals surface area contributed by atoms with Gasteiger partial charge in [0.15, 0.2) is 5.82 Å². The van der Waals surface area contributed by atoms with E-state index in [9.17, 15) is 4.79 Å². The summed E-state index contributed by atoms with van der Waals surface area (Å²) in [4.78, 5) is 35.1. The predicted octanol–water partition coefficient (Wildman–Crippen LogP) is 2.75. The molecule has 10 heteroatoms. The largest absolute Gasteiger partial charge is 0.332 e. The van der Waals surface area contributed by atoms with Crippen molar-refractivity contribution in [3.8, 4) is 5.95 Å². The number of aromatic nitrogens is 6. The average molecular weight is 437 g/mol. The second kappa shape index (κ2) is 8.33. The lowest BCUT2D eigenvalue weighted by Crippen LogP contribution is -2.48. The van der Waals surface area contributed by atoms with Crippen molar-refractivity contribution in [3.63, 3.8) is 0 Å². The number of piperidine rings is 1. The van der Waals surface area contributed by atoms with Crippen LogP contribution in [0, 0.1) is 6.92 Å². The molecule has 0 aromatic carbocycles. The first-order valence-electron chi connectivity index (χ1n) is 11.2. The van der Waals surface area contributed by atoms with Gasteiger partial charge in [-0.2, -0.15) is 4.98 Å². The van der Waals surface area contributed by atoms with Crippen molar-refractivity contribution in [1.82, 2.24) is 34.6 Å². The quantitative estimate of drug-likeness (QED) is 0.581. The lowest BCUT2D eigenvalue weighted by molar-refractivity contribution is 0.0628. The smallest absolute Gasteiger partial charge is 0.324 e. The van der Waals surface area contributed by atoms with Gasteiger partial charge in [-0.05, 0) is 32.6 Å². The van der Waals surface area contributed by atoms with E-state index in [2.05, 4.69) is 34.9 Å². The number of rotatable bonds is 6. The van der Waals surface area contributed by atoms with Crippen LogP contribution in [0.4, 0.5) is 6.01 Å². The number of hydrogen-bond acceptors (Lipinski definition) is 8. The molecule has 3 aromatic rings. The van der Waals surface area contributed by atoms with E-state index in [1.54, 1.807) is 23.2 Å². The third-order valence-corrected chi connectivity index (χ3v) is 6.18. The average Bonchev–Trinajstić information content (AvgIpc) is 3.32. The highest BCUT2D eigenvalue weighted by atomic mass is 16.5. The molecular weight excluding hydrogens is 408 g/mol. The molecule has 1 saturated heterocycles. The van der Waals surface area contributed by atoms with Crippen LogP contribution in [0.3, 0.4) is 0 Å². The number of aryl methyl sites for hydroxylation is 1. The van der Waals surface area contributed by atoms with Crippen molar-refractivity contribution in [1.29, 1.82) is 0 Å². The maximum Gasteiger partial charge on any atom is 0.324 e. The van der Waals surface area contributed by atoms with Gasteiger partial charge in [0.05, 0.1) is 5.56 Å². The summed E-state index contributed by atoms with van der Waals surface area (Å²) in [5.41, 5.74) is 0.527. The minimum atomic E-state index is 0.0136. The molecule has 1 aliphatic heterocycles. The molecule has 1 aliphatic carbocycles. The fraction of sp³-hybridized carbons (Fsp3) is 0.545. The molecule has 32 heavy (non-hydrogen) atoms. The highest BCUT2D eigenvalue weighted by Gasteiger charge is 2.39. The van der Waals surface area contributed by atoms with Crippen LogP contribution in [-0.2, 0) is 0 Å². The van der Waals surface area contributed by atoms with Crippen LogP contribution in [0.2, 0.25) is 0 Å². The van der Waals surface area contributed by atoms with Crippen LogP contribution < -0.4 is 4.90 Å². The van der Waals surface area contributed by atoms with Crippen molar-refractivity contribution in [3.05, 3.63) is 42.0 Å². The van der Waals surface area contributed by atoms with Gasteiger partial charge in [0.25, 0.3) is 5.91 Å². The number of imidazole rings is 1. The van der Waals surface area contributed by atoms with Crippen molar-refractivity contribution in [2.24, 2.45) is 0 Å². The Bertz CT molecular complexity index is 1080. The number of anilines is 1. The first-order valence-corrected chi connectivity index (χ1v) is 11.2. The lowest BCUT2D eigenvalue weighted by Gasteiger charge is -2.38. The summed E-state index contributed by atoms with van der Waals surface area (Å²) in [6.45, 7) is 7.56. The molecule has 10 nitrogen and oxygen atoms in total. The van der Waals surface area contributed by atoms with E-state index < -0.39 is 0 Å². The van der Waals surface area contributed by atoms with E-state index in [0.717, 1.165) is 50.4 Å². The van der Waals surface area contributed by atoms with Gasteiger partial charge in [-0.15, -0.1) is 0 Å². The van der Waals surface area contributed by atoms with Crippen LogP contribution in [-0.4, -0.2) is 65.6 Å². The Morgan fingerprint density at radius 1 is 1.09 bits per heavy atom. The normalized spacial score (nSPS) is 17.2. The predicted molar refractivity (Wildman–Crippen MR) is 117 cm³/mol. The second-order valence-corrected chi connectivity index (χ2v) is 8.87. The minimum Gasteiger partial charge on any atom is -0.332 e. The summed E-state index contributed by atoms with van der Waals surface area (Å²) < 4.78 is 7.25. The standard InChI is InChI=1S/C22H28N8O2/c1-14(2)19-26-22(32-27-19)28-9-6-18(7-10-28)30(17-4-5-17)20(31)16-12-24-21(25-13-16)29-11-8-23-15(29)3/h8,11-14,17-18H,4-7,9-10H2,1-3H3. The van der Waals surface area contributed by atoms with E-state index in [1.807, 2.05) is 27.0 Å². The molecule has 1 saturated carbocycles. The zero-order valence-corrected chi connectivity index (χ0v) is 18.7. The minimum absolute atomic E-state index is 0.0136. The van der Waals surface area contributed by atoms with Crippen LogP contribution in [0.15, 0.2) is 29.3 Å². The fourth-order valence-corrected chi connectivity index (χ4v) is 4.20. The molecule has 168 valence electrons. The number of carbonyl (C=O) groups excluding carboxylic acids is 1. The Balaban J connectivity index is 1.27. The molecular formula is C22H28N8O2. The van der Waals surface area contributed by atoms with Gasteiger partial charge in [0, 0.05) is 55.9 Å². The van der Waals surface area contributed by atoms with Crippen molar-refractivity contribution >= 4 is 11.9 Å². The van der Waals surface area contributed by atoms with Crippen LogP contribution in [0.25, 0.3) is 5.95 Å². The monoisotopic (exact) mass is 436 g/mol. The van der Waals surface area contributed by atoms with Crippen LogP contribution in [0.1, 0.15) is 67.5 Å². The molecule has 0 N–H and O–H groups in total. The molecule has 0 atom stereocenters. The summed E-state index contributed by atoms with van der Waals surface area (Å²) in [7, 11) is 0. The van der Waals surface area contributed by atoms with Crippen molar-refractivity contribution < 1.29 is 9.32 Å². The molecule has 3 aromatic heterocycles. The van der Waals surface area contributed by atoms with Crippen molar-refractivity contribution in [2.45, 2.75) is 64.5 Å². The molecule has 0 spiro atoms. The number of hydrogen-bond donors (Lipinski definition) is 0. The molecule has 0 unspecified atom stereocenters. The fourth-order valence-electron chi connectivity index (χ4n) is 4.20. The third-order valence-electron chi connectivity index (χ3n) is 6.18. The Morgan fingerprint density at radius 2 is 1.78 bits per heavy atom. The van der Waals surface area contributed by atoms with Crippen LogP contribution in [0.5, 0.6) is 0 Å². The zero-order chi connectivity index (χ0) is 22.2. The van der Waals surface area contributed by atoms with Crippen molar-refractivity contribution in [2.75, 3.05) is 18.0 Å². The number of amides is 1. The lowest BCUT2D eigenvalue weighted by atomic mass is 10.0. The van der Waals surface area contributed by atoms with Gasteiger partial charge in [-0.1, -0.05) is 19.0 Å². The highest BCUT2D eigenvalue weighted by molar-refractivity contribution is 5.94. The Morgan fingerprint density at radius 3 is 2.34 bits per heavy atom.